The molecule has 1 aliphatic heterocycles. The molecule has 1 aliphatic rings. The molecule has 0 fully saturated rings. The first-order valence-electron chi connectivity index (χ1n) is 6.37. The van der Waals surface area contributed by atoms with E-state index in [4.69, 9.17) is 0 Å². The molecule has 0 atom stereocenters. The number of carbonyl (C=O) groups is 2. The lowest BCUT2D eigenvalue weighted by atomic mass is 10.1. The minimum Gasteiger partial charge on any atom is -0.297 e. The zero-order chi connectivity index (χ0) is 15.1. The Labute approximate surface area is 118 Å². The van der Waals surface area contributed by atoms with Crippen LogP contribution < -0.4 is 4.90 Å². The van der Waals surface area contributed by atoms with Gasteiger partial charge in [0.05, 0.1) is 24.0 Å². The largest absolute Gasteiger partial charge is 0.299 e. The number of halogens is 2. The summed E-state index contributed by atoms with van der Waals surface area (Å²) in [5.41, 5.74) is 0.255. The van der Waals surface area contributed by atoms with Crippen molar-refractivity contribution in [3.63, 3.8) is 0 Å². The molecule has 0 aliphatic carbocycles. The van der Waals surface area contributed by atoms with Crippen molar-refractivity contribution in [2.24, 2.45) is 0 Å². The Kier molecular flexibility index (Phi) is 3.04. The summed E-state index contributed by atoms with van der Waals surface area (Å²) in [6.07, 6.45) is 3.25. The Morgan fingerprint density at radius 3 is 2.67 bits per heavy atom. The molecule has 0 radical (unpaired) electrons. The fourth-order valence-corrected chi connectivity index (χ4v) is 2.35. The van der Waals surface area contributed by atoms with E-state index < -0.39 is 23.3 Å². The van der Waals surface area contributed by atoms with Crippen LogP contribution in [0.2, 0.25) is 0 Å². The van der Waals surface area contributed by atoms with E-state index in [1.54, 1.807) is 17.1 Å². The summed E-state index contributed by atoms with van der Waals surface area (Å²) in [5.74, 6) is -3.56. The molecule has 0 saturated carbocycles. The van der Waals surface area contributed by atoms with Crippen LogP contribution in [0.15, 0.2) is 24.5 Å². The van der Waals surface area contributed by atoms with Crippen molar-refractivity contribution in [3.05, 3.63) is 47.3 Å². The van der Waals surface area contributed by atoms with Gasteiger partial charge in [0.2, 0.25) is 0 Å². The standard InChI is InChI=1S/C14H11F2N3O2/c1-2-18-6-8(5-17-18)7-19-12-10(13(20)14(19)21)3-9(15)4-11(12)16/h3-6H,2,7H2,1H3. The molecule has 21 heavy (non-hydrogen) atoms. The molecule has 2 heterocycles. The van der Waals surface area contributed by atoms with Crippen molar-refractivity contribution in [1.82, 2.24) is 9.78 Å². The highest BCUT2D eigenvalue weighted by atomic mass is 19.1. The number of hydrogen-bond acceptors (Lipinski definition) is 3. The Balaban J connectivity index is 2.01. The molecule has 1 aromatic heterocycles. The number of ketones is 1. The van der Waals surface area contributed by atoms with Gasteiger partial charge in [-0.15, -0.1) is 0 Å². The van der Waals surface area contributed by atoms with E-state index in [1.165, 1.54) is 0 Å². The first kappa shape index (κ1) is 13.4. The minimum atomic E-state index is -0.924. The maximum absolute atomic E-state index is 13.9. The average molecular weight is 291 g/mol. The molecule has 0 unspecified atom stereocenters. The third kappa shape index (κ3) is 2.10. The number of aromatic nitrogens is 2. The molecule has 0 N–H and O–H groups in total. The summed E-state index contributed by atoms with van der Waals surface area (Å²) < 4.78 is 28.8. The van der Waals surface area contributed by atoms with E-state index >= 15 is 0 Å². The molecule has 108 valence electrons. The number of benzene rings is 1. The number of hydrogen-bond donors (Lipinski definition) is 0. The van der Waals surface area contributed by atoms with Gasteiger partial charge in [-0.1, -0.05) is 0 Å². The van der Waals surface area contributed by atoms with Gasteiger partial charge in [0, 0.05) is 24.4 Å². The molecule has 7 heteroatoms. The Morgan fingerprint density at radius 1 is 1.24 bits per heavy atom. The molecule has 2 aromatic rings. The van der Waals surface area contributed by atoms with Gasteiger partial charge in [0.1, 0.15) is 5.82 Å². The third-order valence-electron chi connectivity index (χ3n) is 3.33. The van der Waals surface area contributed by atoms with Crippen molar-refractivity contribution in [2.45, 2.75) is 20.0 Å². The quantitative estimate of drug-likeness (QED) is 0.812. The summed E-state index contributed by atoms with van der Waals surface area (Å²) in [6, 6.07) is 1.54. The van der Waals surface area contributed by atoms with Crippen molar-refractivity contribution < 1.29 is 18.4 Å². The van der Waals surface area contributed by atoms with Gasteiger partial charge in [-0.2, -0.15) is 5.10 Å². The van der Waals surface area contributed by atoms with Gasteiger partial charge >= 0.3 is 0 Å². The number of Topliss-reactive ketones (excluding diaryl/α,β-unsaturated/α-hetero) is 1. The topological polar surface area (TPSA) is 55.2 Å². The van der Waals surface area contributed by atoms with E-state index in [9.17, 15) is 18.4 Å². The van der Waals surface area contributed by atoms with Crippen molar-refractivity contribution in [2.75, 3.05) is 4.90 Å². The van der Waals surface area contributed by atoms with Gasteiger partial charge in [0.15, 0.2) is 5.82 Å². The second-order valence-corrected chi connectivity index (χ2v) is 4.71. The third-order valence-corrected chi connectivity index (χ3v) is 3.33. The van der Waals surface area contributed by atoms with Crippen LogP contribution in [-0.4, -0.2) is 21.5 Å². The second-order valence-electron chi connectivity index (χ2n) is 4.71. The molecule has 0 spiro atoms. The molecule has 0 saturated heterocycles. The lowest BCUT2D eigenvalue weighted by Crippen LogP contribution is -2.29. The summed E-state index contributed by atoms with van der Waals surface area (Å²) in [7, 11) is 0. The number of amides is 1. The lowest BCUT2D eigenvalue weighted by molar-refractivity contribution is -0.114. The van der Waals surface area contributed by atoms with Crippen molar-refractivity contribution in [1.29, 1.82) is 0 Å². The Bertz CT molecular complexity index is 755. The monoisotopic (exact) mass is 291 g/mol. The van der Waals surface area contributed by atoms with Gasteiger partial charge < -0.3 is 0 Å². The zero-order valence-electron chi connectivity index (χ0n) is 11.1. The van der Waals surface area contributed by atoms with Crippen molar-refractivity contribution >= 4 is 17.4 Å². The first-order valence-corrected chi connectivity index (χ1v) is 6.37. The van der Waals surface area contributed by atoms with Crippen LogP contribution in [-0.2, 0) is 17.9 Å². The Morgan fingerprint density at radius 2 is 2.00 bits per heavy atom. The van der Waals surface area contributed by atoms with Crippen LogP contribution in [0.5, 0.6) is 0 Å². The molecule has 1 amide bonds. The van der Waals surface area contributed by atoms with E-state index in [2.05, 4.69) is 5.10 Å². The highest BCUT2D eigenvalue weighted by Gasteiger charge is 2.38. The molecular weight excluding hydrogens is 280 g/mol. The van der Waals surface area contributed by atoms with Crippen molar-refractivity contribution in [3.8, 4) is 0 Å². The van der Waals surface area contributed by atoms with Crippen LogP contribution in [0.3, 0.4) is 0 Å². The van der Waals surface area contributed by atoms with Crippen LogP contribution in [0, 0.1) is 11.6 Å². The number of aryl methyl sites for hydroxylation is 1. The fraction of sp³-hybridized carbons (Fsp3) is 0.214. The number of fused-ring (bicyclic) bond motifs is 1. The SMILES string of the molecule is CCn1cc(CN2C(=O)C(=O)c3cc(F)cc(F)c32)cn1. The van der Waals surface area contributed by atoms with E-state index in [-0.39, 0.29) is 17.8 Å². The number of carbonyl (C=O) groups excluding carboxylic acids is 2. The highest BCUT2D eigenvalue weighted by molar-refractivity contribution is 6.52. The zero-order valence-corrected chi connectivity index (χ0v) is 11.1. The van der Waals surface area contributed by atoms with Crippen LogP contribution in [0.25, 0.3) is 0 Å². The Hall–Kier alpha value is -2.57. The predicted molar refractivity (Wildman–Crippen MR) is 69.8 cm³/mol. The lowest BCUT2D eigenvalue weighted by Gasteiger charge is -2.15. The molecule has 1 aromatic carbocycles. The molecular formula is C14H11F2N3O2. The predicted octanol–water partition coefficient (Wildman–Crippen LogP) is 1.91. The maximum Gasteiger partial charge on any atom is 0.299 e. The van der Waals surface area contributed by atoms with Gasteiger partial charge in [0.25, 0.3) is 11.7 Å². The van der Waals surface area contributed by atoms with Crippen LogP contribution >= 0.6 is 0 Å². The van der Waals surface area contributed by atoms with E-state index in [0.29, 0.717) is 18.2 Å². The first-order chi connectivity index (χ1) is 10.0. The van der Waals surface area contributed by atoms with Gasteiger partial charge in [-0.05, 0) is 13.0 Å². The van der Waals surface area contributed by atoms with Crippen LogP contribution in [0.4, 0.5) is 14.5 Å². The summed E-state index contributed by atoms with van der Waals surface area (Å²) in [6.45, 7) is 2.57. The van der Waals surface area contributed by atoms with Gasteiger partial charge in [-0.25, -0.2) is 8.78 Å². The van der Waals surface area contributed by atoms with Gasteiger partial charge in [-0.3, -0.25) is 19.2 Å². The molecule has 0 bridgehead atoms. The number of rotatable bonds is 3. The minimum absolute atomic E-state index is 0.0140. The number of anilines is 1. The van der Waals surface area contributed by atoms with Crippen LogP contribution in [0.1, 0.15) is 22.8 Å². The smallest absolute Gasteiger partial charge is 0.297 e. The highest BCUT2D eigenvalue weighted by Crippen LogP contribution is 2.33. The average Bonchev–Trinajstić information content (AvgIpc) is 2.98. The number of nitrogens with zero attached hydrogens (tertiary/aromatic N) is 3. The normalized spacial score (nSPS) is 14.0. The summed E-state index contributed by atoms with van der Waals surface area (Å²) in [4.78, 5) is 24.8. The summed E-state index contributed by atoms with van der Waals surface area (Å²) >= 11 is 0. The van der Waals surface area contributed by atoms with E-state index in [0.717, 1.165) is 11.0 Å². The molecule has 5 nitrogen and oxygen atoms in total. The fourth-order valence-electron chi connectivity index (χ4n) is 2.35. The second kappa shape index (κ2) is 4.76. The summed E-state index contributed by atoms with van der Waals surface area (Å²) in [5, 5.41) is 4.05. The maximum atomic E-state index is 13.9. The molecule has 3 rings (SSSR count). The van der Waals surface area contributed by atoms with E-state index in [1.807, 2.05) is 6.92 Å².